The van der Waals surface area contributed by atoms with Crippen LogP contribution in [0.25, 0.3) is 0 Å². The van der Waals surface area contributed by atoms with E-state index in [2.05, 4.69) is 0 Å². The molecule has 1 unspecified atom stereocenters. The minimum absolute atomic E-state index is 0.0240. The molecule has 3 rings (SSSR count). The van der Waals surface area contributed by atoms with Crippen molar-refractivity contribution in [3.63, 3.8) is 0 Å². The molecule has 3 nitrogen and oxygen atoms in total. The Labute approximate surface area is 127 Å². The Bertz CT molecular complexity index is 732. The van der Waals surface area contributed by atoms with Gasteiger partial charge in [0, 0.05) is 22.4 Å². The monoisotopic (exact) mass is 304 g/mol. The minimum Gasteiger partial charge on any atom is -0.399 e. The quantitative estimate of drug-likeness (QED) is 0.817. The van der Waals surface area contributed by atoms with Gasteiger partial charge in [0.15, 0.2) is 0 Å². The normalized spacial score (nSPS) is 16.9. The number of nitrogens with two attached hydrogens (primary N) is 1. The molecule has 1 aliphatic heterocycles. The lowest BCUT2D eigenvalue weighted by atomic mass is 10.1. The molecule has 2 aromatic carbocycles. The van der Waals surface area contributed by atoms with Crippen molar-refractivity contribution in [1.29, 1.82) is 0 Å². The van der Waals surface area contributed by atoms with Crippen molar-refractivity contribution in [3.05, 3.63) is 58.4 Å². The number of amides is 1. The molecule has 0 aromatic heterocycles. The average molecular weight is 305 g/mol. The van der Waals surface area contributed by atoms with Crippen molar-refractivity contribution in [2.45, 2.75) is 19.4 Å². The van der Waals surface area contributed by atoms with Crippen LogP contribution in [-0.2, 0) is 6.42 Å². The first-order valence-corrected chi connectivity index (χ1v) is 7.02. The van der Waals surface area contributed by atoms with Crippen LogP contribution >= 0.6 is 11.6 Å². The largest absolute Gasteiger partial charge is 0.399 e. The fourth-order valence-corrected chi connectivity index (χ4v) is 2.91. The molecular weight excluding hydrogens is 291 g/mol. The number of anilines is 2. The van der Waals surface area contributed by atoms with Gasteiger partial charge < -0.3 is 10.6 Å². The molecule has 0 saturated heterocycles. The van der Waals surface area contributed by atoms with E-state index in [0.717, 1.165) is 17.3 Å². The highest BCUT2D eigenvalue weighted by atomic mass is 35.5. The summed E-state index contributed by atoms with van der Waals surface area (Å²) in [6, 6.07) is 9.46. The van der Waals surface area contributed by atoms with Crippen LogP contribution in [0.2, 0.25) is 5.02 Å². The summed E-state index contributed by atoms with van der Waals surface area (Å²) in [6.07, 6.45) is 0.710. The van der Waals surface area contributed by atoms with Crippen molar-refractivity contribution in [3.8, 4) is 0 Å². The summed E-state index contributed by atoms with van der Waals surface area (Å²) in [5.74, 6) is -0.969. The smallest absolute Gasteiger partial charge is 0.261 e. The molecule has 1 atom stereocenters. The van der Waals surface area contributed by atoms with E-state index in [1.807, 2.05) is 13.0 Å². The summed E-state index contributed by atoms with van der Waals surface area (Å²) in [7, 11) is 0. The van der Waals surface area contributed by atoms with E-state index in [9.17, 15) is 9.18 Å². The molecule has 1 aliphatic rings. The van der Waals surface area contributed by atoms with Crippen molar-refractivity contribution in [1.82, 2.24) is 0 Å². The highest BCUT2D eigenvalue weighted by Gasteiger charge is 2.32. The van der Waals surface area contributed by atoms with Crippen molar-refractivity contribution < 1.29 is 9.18 Å². The van der Waals surface area contributed by atoms with E-state index in [-0.39, 0.29) is 22.5 Å². The number of hydrogen-bond donors (Lipinski definition) is 1. The van der Waals surface area contributed by atoms with E-state index in [0.29, 0.717) is 12.1 Å². The summed E-state index contributed by atoms with van der Waals surface area (Å²) >= 11 is 5.73. The van der Waals surface area contributed by atoms with Gasteiger partial charge in [-0.25, -0.2) is 4.39 Å². The highest BCUT2D eigenvalue weighted by Crippen LogP contribution is 2.35. The lowest BCUT2D eigenvalue weighted by Crippen LogP contribution is -2.36. The molecule has 1 amide bonds. The van der Waals surface area contributed by atoms with Gasteiger partial charge in [0.25, 0.3) is 5.91 Å². The number of rotatable bonds is 1. The maximum Gasteiger partial charge on any atom is 0.261 e. The van der Waals surface area contributed by atoms with E-state index in [4.69, 9.17) is 17.3 Å². The fraction of sp³-hybridized carbons (Fsp3) is 0.188. The number of carbonyl (C=O) groups excluding carboxylic acids is 1. The number of nitrogen functional groups attached to an aromatic ring is 1. The molecule has 0 bridgehead atoms. The lowest BCUT2D eigenvalue weighted by molar-refractivity contribution is 0.0977. The van der Waals surface area contributed by atoms with Crippen LogP contribution in [0.4, 0.5) is 15.8 Å². The second kappa shape index (κ2) is 5.04. The van der Waals surface area contributed by atoms with Gasteiger partial charge in [-0.05, 0) is 55.3 Å². The molecule has 2 aromatic rings. The van der Waals surface area contributed by atoms with Crippen LogP contribution in [0.5, 0.6) is 0 Å². The Hall–Kier alpha value is -2.07. The first-order valence-electron chi connectivity index (χ1n) is 6.64. The molecule has 2 N–H and O–H groups in total. The third-order valence-corrected chi connectivity index (χ3v) is 3.93. The molecule has 108 valence electrons. The number of hydrogen-bond acceptors (Lipinski definition) is 2. The summed E-state index contributed by atoms with van der Waals surface area (Å²) in [5, 5.41) is 0.270. The standard InChI is InChI=1S/C16H14ClFN2O/c1-9-6-10-7-12(19)3-5-15(10)20(9)16(21)13-4-2-11(17)8-14(13)18/h2-5,7-9H,6,19H2,1H3. The van der Waals surface area contributed by atoms with Crippen molar-refractivity contribution in [2.75, 3.05) is 10.6 Å². The van der Waals surface area contributed by atoms with Crippen LogP contribution in [0.3, 0.4) is 0 Å². The van der Waals surface area contributed by atoms with Gasteiger partial charge in [0.1, 0.15) is 5.82 Å². The molecule has 0 saturated carbocycles. The lowest BCUT2D eigenvalue weighted by Gasteiger charge is -2.23. The number of carbonyl (C=O) groups is 1. The summed E-state index contributed by atoms with van der Waals surface area (Å²) < 4.78 is 14.0. The van der Waals surface area contributed by atoms with Gasteiger partial charge in [-0.1, -0.05) is 11.6 Å². The summed E-state index contributed by atoms with van der Waals surface area (Å²) in [5.41, 5.74) is 8.25. The van der Waals surface area contributed by atoms with Gasteiger partial charge in [-0.3, -0.25) is 4.79 Å². The predicted molar refractivity (Wildman–Crippen MR) is 82.2 cm³/mol. The third kappa shape index (κ3) is 2.36. The van der Waals surface area contributed by atoms with Crippen LogP contribution in [-0.4, -0.2) is 11.9 Å². The van der Waals surface area contributed by atoms with E-state index in [1.165, 1.54) is 12.1 Å². The topological polar surface area (TPSA) is 46.3 Å². The van der Waals surface area contributed by atoms with Gasteiger partial charge in [0.2, 0.25) is 0 Å². The van der Waals surface area contributed by atoms with Crippen LogP contribution in [0.15, 0.2) is 36.4 Å². The maximum absolute atomic E-state index is 14.0. The number of fused-ring (bicyclic) bond motifs is 1. The number of nitrogens with zero attached hydrogens (tertiary/aromatic N) is 1. The first kappa shape index (κ1) is 13.9. The molecule has 1 heterocycles. The summed E-state index contributed by atoms with van der Waals surface area (Å²) in [6.45, 7) is 1.93. The first-order chi connectivity index (χ1) is 9.97. The molecule has 21 heavy (non-hydrogen) atoms. The average Bonchev–Trinajstić information content (AvgIpc) is 2.73. The maximum atomic E-state index is 14.0. The molecule has 5 heteroatoms. The Morgan fingerprint density at radius 3 is 2.81 bits per heavy atom. The summed E-state index contributed by atoms with van der Waals surface area (Å²) in [4.78, 5) is 14.3. The second-order valence-corrected chi connectivity index (χ2v) is 5.68. The van der Waals surface area contributed by atoms with Crippen LogP contribution < -0.4 is 10.6 Å². The highest BCUT2D eigenvalue weighted by molar-refractivity contribution is 6.30. The SMILES string of the molecule is CC1Cc2cc(N)ccc2N1C(=O)c1ccc(Cl)cc1F. The predicted octanol–water partition coefficient (Wildman–Crippen LogP) is 3.65. The molecule has 0 spiro atoms. The van der Waals surface area contributed by atoms with Crippen LogP contribution in [0, 0.1) is 5.82 Å². The Kier molecular flexibility index (Phi) is 3.33. The van der Waals surface area contributed by atoms with Gasteiger partial charge in [-0.15, -0.1) is 0 Å². The Balaban J connectivity index is 2.03. The Morgan fingerprint density at radius 2 is 2.10 bits per heavy atom. The zero-order chi connectivity index (χ0) is 15.1. The third-order valence-electron chi connectivity index (χ3n) is 3.70. The molecule has 0 fully saturated rings. The van der Waals surface area contributed by atoms with Gasteiger partial charge in [0.05, 0.1) is 5.56 Å². The van der Waals surface area contributed by atoms with Crippen LogP contribution in [0.1, 0.15) is 22.8 Å². The molecule has 0 radical (unpaired) electrons. The van der Waals surface area contributed by atoms with E-state index < -0.39 is 5.82 Å². The minimum atomic E-state index is -0.608. The number of halogens is 2. The zero-order valence-electron chi connectivity index (χ0n) is 11.4. The van der Waals surface area contributed by atoms with Gasteiger partial charge in [-0.2, -0.15) is 0 Å². The zero-order valence-corrected chi connectivity index (χ0v) is 12.2. The van der Waals surface area contributed by atoms with Crippen molar-refractivity contribution in [2.24, 2.45) is 0 Å². The fourth-order valence-electron chi connectivity index (χ4n) is 2.75. The number of benzene rings is 2. The second-order valence-electron chi connectivity index (χ2n) is 5.24. The molecular formula is C16H14ClFN2O. The molecule has 0 aliphatic carbocycles. The Morgan fingerprint density at radius 1 is 1.33 bits per heavy atom. The van der Waals surface area contributed by atoms with Crippen molar-refractivity contribution >= 4 is 28.9 Å². The van der Waals surface area contributed by atoms with E-state index in [1.54, 1.807) is 17.0 Å². The van der Waals surface area contributed by atoms with E-state index >= 15 is 0 Å². The van der Waals surface area contributed by atoms with Gasteiger partial charge >= 0.3 is 0 Å².